The van der Waals surface area contributed by atoms with Crippen LogP contribution in [0.4, 0.5) is 5.82 Å². The van der Waals surface area contributed by atoms with Crippen molar-refractivity contribution < 1.29 is 14.7 Å². The van der Waals surface area contributed by atoms with Gasteiger partial charge in [0.1, 0.15) is 0 Å². The zero-order valence-corrected chi connectivity index (χ0v) is 11.0. The number of halogens is 1. The fourth-order valence-electron chi connectivity index (χ4n) is 1.56. The van der Waals surface area contributed by atoms with Crippen LogP contribution in [0.2, 0.25) is 5.02 Å². The highest BCUT2D eigenvalue weighted by Crippen LogP contribution is 2.26. The maximum absolute atomic E-state index is 11.8. The van der Waals surface area contributed by atoms with Crippen molar-refractivity contribution in [2.45, 2.75) is 26.7 Å². The molecule has 0 atom stereocenters. The van der Waals surface area contributed by atoms with Crippen molar-refractivity contribution in [3.05, 3.63) is 23.4 Å². The van der Waals surface area contributed by atoms with Gasteiger partial charge in [-0.05, 0) is 17.5 Å². The van der Waals surface area contributed by atoms with E-state index >= 15 is 0 Å². The standard InChI is InChI=1S/C12H15ClN2O3/c1-12(2,7-10(17)18)6-9(16)15-11-8(13)4-3-5-14-11/h3-5H,6-7H2,1-2H3,(H,17,18)(H,14,15,16). The lowest BCUT2D eigenvalue weighted by molar-refractivity contribution is -0.139. The molecule has 0 fully saturated rings. The molecule has 0 bridgehead atoms. The minimum Gasteiger partial charge on any atom is -0.481 e. The molecule has 0 aromatic carbocycles. The van der Waals surface area contributed by atoms with E-state index in [4.69, 9.17) is 16.7 Å². The molecule has 0 spiro atoms. The summed E-state index contributed by atoms with van der Waals surface area (Å²) in [6, 6.07) is 3.28. The average Bonchev–Trinajstić information content (AvgIpc) is 2.18. The third kappa shape index (κ3) is 4.71. The van der Waals surface area contributed by atoms with E-state index in [1.54, 1.807) is 26.0 Å². The first kappa shape index (κ1) is 14.4. The lowest BCUT2D eigenvalue weighted by Crippen LogP contribution is -2.25. The van der Waals surface area contributed by atoms with E-state index in [9.17, 15) is 9.59 Å². The van der Waals surface area contributed by atoms with Crippen molar-refractivity contribution in [3.8, 4) is 0 Å². The number of carbonyl (C=O) groups excluding carboxylic acids is 1. The number of carboxylic acids is 1. The van der Waals surface area contributed by atoms with Gasteiger partial charge in [0.25, 0.3) is 0 Å². The van der Waals surface area contributed by atoms with Crippen molar-refractivity contribution in [2.75, 3.05) is 5.32 Å². The minimum absolute atomic E-state index is 0.0730. The summed E-state index contributed by atoms with van der Waals surface area (Å²) in [5, 5.41) is 11.6. The highest BCUT2D eigenvalue weighted by atomic mass is 35.5. The molecule has 98 valence electrons. The number of hydrogen-bond donors (Lipinski definition) is 2. The number of hydrogen-bond acceptors (Lipinski definition) is 3. The molecule has 6 heteroatoms. The Morgan fingerprint density at radius 1 is 1.44 bits per heavy atom. The normalized spacial score (nSPS) is 11.1. The van der Waals surface area contributed by atoms with Gasteiger partial charge in [-0.2, -0.15) is 0 Å². The Morgan fingerprint density at radius 3 is 2.67 bits per heavy atom. The van der Waals surface area contributed by atoms with E-state index in [0.717, 1.165) is 0 Å². The molecule has 1 heterocycles. The Morgan fingerprint density at radius 2 is 2.11 bits per heavy atom. The summed E-state index contributed by atoms with van der Waals surface area (Å²) in [5.41, 5.74) is -0.614. The molecule has 0 aliphatic heterocycles. The lowest BCUT2D eigenvalue weighted by Gasteiger charge is -2.21. The lowest BCUT2D eigenvalue weighted by atomic mass is 9.85. The topological polar surface area (TPSA) is 79.3 Å². The van der Waals surface area contributed by atoms with E-state index in [1.165, 1.54) is 6.20 Å². The average molecular weight is 271 g/mol. The van der Waals surface area contributed by atoms with Gasteiger partial charge in [-0.15, -0.1) is 0 Å². The van der Waals surface area contributed by atoms with Crippen molar-refractivity contribution in [1.29, 1.82) is 0 Å². The molecular formula is C12H15ClN2O3. The van der Waals surface area contributed by atoms with Gasteiger partial charge < -0.3 is 10.4 Å². The number of aliphatic carboxylic acids is 1. The highest BCUT2D eigenvalue weighted by molar-refractivity contribution is 6.33. The van der Waals surface area contributed by atoms with E-state index in [2.05, 4.69) is 10.3 Å². The number of pyridine rings is 1. The smallest absolute Gasteiger partial charge is 0.303 e. The molecular weight excluding hydrogens is 256 g/mol. The molecule has 0 radical (unpaired) electrons. The minimum atomic E-state index is -0.927. The fourth-order valence-corrected chi connectivity index (χ4v) is 1.73. The predicted octanol–water partition coefficient (Wildman–Crippen LogP) is 2.56. The monoisotopic (exact) mass is 270 g/mol. The number of anilines is 1. The largest absolute Gasteiger partial charge is 0.481 e. The molecule has 0 unspecified atom stereocenters. The van der Waals surface area contributed by atoms with Gasteiger partial charge in [0.15, 0.2) is 5.82 Å². The number of nitrogens with zero attached hydrogens (tertiary/aromatic N) is 1. The number of aromatic nitrogens is 1. The van der Waals surface area contributed by atoms with Crippen molar-refractivity contribution in [2.24, 2.45) is 5.41 Å². The third-order valence-corrected chi connectivity index (χ3v) is 2.59. The Bertz CT molecular complexity index is 460. The first-order chi connectivity index (χ1) is 8.30. The molecule has 1 rings (SSSR count). The van der Waals surface area contributed by atoms with E-state index < -0.39 is 11.4 Å². The van der Waals surface area contributed by atoms with Gasteiger partial charge in [0.2, 0.25) is 5.91 Å². The first-order valence-electron chi connectivity index (χ1n) is 5.42. The Hall–Kier alpha value is -1.62. The Balaban J connectivity index is 2.62. The predicted molar refractivity (Wildman–Crippen MR) is 68.5 cm³/mol. The number of rotatable bonds is 5. The van der Waals surface area contributed by atoms with Gasteiger partial charge in [-0.25, -0.2) is 4.98 Å². The van der Waals surface area contributed by atoms with Crippen LogP contribution in [0.3, 0.4) is 0 Å². The van der Waals surface area contributed by atoms with Crippen LogP contribution in [0.15, 0.2) is 18.3 Å². The van der Waals surface area contributed by atoms with E-state index in [-0.39, 0.29) is 24.6 Å². The van der Waals surface area contributed by atoms with Crippen LogP contribution in [0.25, 0.3) is 0 Å². The fraction of sp³-hybridized carbons (Fsp3) is 0.417. The number of nitrogens with one attached hydrogen (secondary N) is 1. The molecule has 1 aromatic rings. The second kappa shape index (κ2) is 5.82. The third-order valence-electron chi connectivity index (χ3n) is 2.29. The van der Waals surface area contributed by atoms with Crippen molar-refractivity contribution >= 4 is 29.3 Å². The molecule has 18 heavy (non-hydrogen) atoms. The molecule has 1 aromatic heterocycles. The molecule has 0 aliphatic carbocycles. The summed E-state index contributed by atoms with van der Waals surface area (Å²) < 4.78 is 0. The van der Waals surface area contributed by atoms with Crippen LogP contribution >= 0.6 is 11.6 Å². The summed E-state index contributed by atoms with van der Waals surface area (Å²) >= 11 is 5.85. The second-order valence-corrected chi connectivity index (χ2v) is 5.20. The number of amides is 1. The van der Waals surface area contributed by atoms with E-state index in [0.29, 0.717) is 5.02 Å². The summed E-state index contributed by atoms with van der Waals surface area (Å²) in [7, 11) is 0. The van der Waals surface area contributed by atoms with Crippen molar-refractivity contribution in [3.63, 3.8) is 0 Å². The number of carboxylic acid groups (broad SMARTS) is 1. The summed E-state index contributed by atoms with van der Waals surface area (Å²) in [4.78, 5) is 26.3. The first-order valence-corrected chi connectivity index (χ1v) is 5.80. The molecule has 2 N–H and O–H groups in total. The zero-order chi connectivity index (χ0) is 13.8. The van der Waals surface area contributed by atoms with E-state index in [1.807, 2.05) is 0 Å². The Labute approximate surface area is 110 Å². The summed E-state index contributed by atoms with van der Waals surface area (Å²) in [5.74, 6) is -0.944. The van der Waals surface area contributed by atoms with Gasteiger partial charge >= 0.3 is 5.97 Å². The van der Waals surface area contributed by atoms with Gasteiger partial charge in [-0.1, -0.05) is 25.4 Å². The molecule has 0 aliphatic rings. The number of carbonyl (C=O) groups is 2. The van der Waals surface area contributed by atoms with Crippen LogP contribution in [-0.4, -0.2) is 22.0 Å². The Kier molecular flexibility index (Phi) is 4.67. The maximum Gasteiger partial charge on any atom is 0.303 e. The van der Waals surface area contributed by atoms with Crippen molar-refractivity contribution in [1.82, 2.24) is 4.98 Å². The molecule has 0 saturated heterocycles. The van der Waals surface area contributed by atoms with Crippen LogP contribution in [0, 0.1) is 5.41 Å². The van der Waals surface area contributed by atoms with Gasteiger partial charge in [-0.3, -0.25) is 9.59 Å². The van der Waals surface area contributed by atoms with Crippen LogP contribution in [-0.2, 0) is 9.59 Å². The maximum atomic E-state index is 11.8. The van der Waals surface area contributed by atoms with Crippen LogP contribution in [0.5, 0.6) is 0 Å². The molecule has 1 amide bonds. The summed E-state index contributed by atoms with van der Waals surface area (Å²) in [6.07, 6.45) is 1.53. The molecule has 5 nitrogen and oxygen atoms in total. The zero-order valence-electron chi connectivity index (χ0n) is 10.2. The quantitative estimate of drug-likeness (QED) is 0.862. The summed E-state index contributed by atoms with van der Waals surface area (Å²) in [6.45, 7) is 3.45. The van der Waals surface area contributed by atoms with Crippen LogP contribution < -0.4 is 5.32 Å². The van der Waals surface area contributed by atoms with Crippen LogP contribution in [0.1, 0.15) is 26.7 Å². The second-order valence-electron chi connectivity index (χ2n) is 4.79. The molecule has 0 saturated carbocycles. The van der Waals surface area contributed by atoms with Gasteiger partial charge in [0.05, 0.1) is 11.4 Å². The highest BCUT2D eigenvalue weighted by Gasteiger charge is 2.25. The van der Waals surface area contributed by atoms with Gasteiger partial charge in [0, 0.05) is 12.6 Å². The SMILES string of the molecule is CC(C)(CC(=O)O)CC(=O)Nc1ncccc1Cl.